The second-order valence-electron chi connectivity index (χ2n) is 4.94. The average Bonchev–Trinajstić information content (AvgIpc) is 2.42. The van der Waals surface area contributed by atoms with Gasteiger partial charge in [-0.15, -0.1) is 0 Å². The second kappa shape index (κ2) is 5.74. The molecular formula is C18H18O2. The Bertz CT molecular complexity index is 629. The molecule has 0 aliphatic carbocycles. The van der Waals surface area contributed by atoms with Gasteiger partial charge in [0.05, 0.1) is 5.56 Å². The van der Waals surface area contributed by atoms with Crippen molar-refractivity contribution in [3.05, 3.63) is 70.8 Å². The van der Waals surface area contributed by atoms with Crippen LogP contribution in [0.15, 0.2) is 43.0 Å². The summed E-state index contributed by atoms with van der Waals surface area (Å²) in [7, 11) is 0. The number of rotatable bonds is 3. The van der Waals surface area contributed by atoms with E-state index in [1.165, 1.54) is 0 Å². The van der Waals surface area contributed by atoms with Crippen LogP contribution >= 0.6 is 0 Å². The number of esters is 1. The van der Waals surface area contributed by atoms with Crippen molar-refractivity contribution in [1.82, 2.24) is 0 Å². The third kappa shape index (κ3) is 2.97. The zero-order valence-corrected chi connectivity index (χ0v) is 12.1. The molecule has 2 aromatic rings. The molecule has 102 valence electrons. The van der Waals surface area contributed by atoms with E-state index in [-0.39, 0.29) is 5.97 Å². The van der Waals surface area contributed by atoms with Gasteiger partial charge in [0.1, 0.15) is 5.75 Å². The standard InChI is InChI=1S/C18H18O2/c1-5-15-6-8-16(9-7-15)18(19)20-17-13(3)10-12(2)11-14(17)4/h5-11H,1H2,2-4H3. The highest BCUT2D eigenvalue weighted by Gasteiger charge is 2.12. The summed E-state index contributed by atoms with van der Waals surface area (Å²) in [6.07, 6.45) is 1.74. The molecule has 0 aromatic heterocycles. The van der Waals surface area contributed by atoms with E-state index in [2.05, 4.69) is 6.58 Å². The molecule has 0 amide bonds. The van der Waals surface area contributed by atoms with Gasteiger partial charge in [-0.25, -0.2) is 4.79 Å². The lowest BCUT2D eigenvalue weighted by Crippen LogP contribution is -2.10. The Hall–Kier alpha value is -2.35. The molecule has 0 spiro atoms. The SMILES string of the molecule is C=Cc1ccc(C(=O)Oc2c(C)cc(C)cc2C)cc1. The van der Waals surface area contributed by atoms with Crippen LogP contribution in [0.5, 0.6) is 5.75 Å². The van der Waals surface area contributed by atoms with E-state index >= 15 is 0 Å². The second-order valence-corrected chi connectivity index (χ2v) is 4.94. The third-order valence-corrected chi connectivity index (χ3v) is 3.18. The molecule has 2 heteroatoms. The summed E-state index contributed by atoms with van der Waals surface area (Å²) in [5.41, 5.74) is 4.62. The molecule has 0 saturated carbocycles. The van der Waals surface area contributed by atoms with E-state index in [4.69, 9.17) is 4.74 Å². The quantitative estimate of drug-likeness (QED) is 0.605. The number of hydrogen-bond donors (Lipinski definition) is 0. The van der Waals surface area contributed by atoms with E-state index in [0.29, 0.717) is 11.3 Å². The molecule has 2 aromatic carbocycles. The van der Waals surface area contributed by atoms with Crippen molar-refractivity contribution < 1.29 is 9.53 Å². The maximum Gasteiger partial charge on any atom is 0.343 e. The van der Waals surface area contributed by atoms with E-state index in [1.807, 2.05) is 45.0 Å². The molecule has 0 saturated heterocycles. The first-order valence-electron chi connectivity index (χ1n) is 6.54. The maximum atomic E-state index is 12.2. The Balaban J connectivity index is 2.25. The van der Waals surface area contributed by atoms with Crippen LogP contribution in [0.4, 0.5) is 0 Å². The van der Waals surface area contributed by atoms with Crippen molar-refractivity contribution in [3.8, 4) is 5.75 Å². The summed E-state index contributed by atoms with van der Waals surface area (Å²) < 4.78 is 5.53. The summed E-state index contributed by atoms with van der Waals surface area (Å²) in [6, 6.07) is 11.2. The van der Waals surface area contributed by atoms with Crippen molar-refractivity contribution in [2.45, 2.75) is 20.8 Å². The summed E-state index contributed by atoms with van der Waals surface area (Å²) in [5, 5.41) is 0. The van der Waals surface area contributed by atoms with Gasteiger partial charge in [-0.05, 0) is 49.6 Å². The van der Waals surface area contributed by atoms with Crippen LogP contribution in [0.3, 0.4) is 0 Å². The van der Waals surface area contributed by atoms with Crippen LogP contribution in [0.1, 0.15) is 32.6 Å². The molecule has 2 rings (SSSR count). The van der Waals surface area contributed by atoms with Crippen molar-refractivity contribution in [2.24, 2.45) is 0 Å². The molecule has 0 heterocycles. The number of carbonyl (C=O) groups is 1. The third-order valence-electron chi connectivity index (χ3n) is 3.18. The van der Waals surface area contributed by atoms with Gasteiger partial charge in [-0.3, -0.25) is 0 Å². The largest absolute Gasteiger partial charge is 0.422 e. The van der Waals surface area contributed by atoms with E-state index < -0.39 is 0 Å². The lowest BCUT2D eigenvalue weighted by Gasteiger charge is -2.11. The van der Waals surface area contributed by atoms with Crippen molar-refractivity contribution in [3.63, 3.8) is 0 Å². The fourth-order valence-corrected chi connectivity index (χ4v) is 2.23. The van der Waals surface area contributed by atoms with Crippen LogP contribution in [0.25, 0.3) is 6.08 Å². The Morgan fingerprint density at radius 1 is 1.05 bits per heavy atom. The molecule has 0 atom stereocenters. The topological polar surface area (TPSA) is 26.3 Å². The lowest BCUT2D eigenvalue weighted by molar-refractivity contribution is 0.0732. The van der Waals surface area contributed by atoms with Crippen molar-refractivity contribution >= 4 is 12.0 Å². The van der Waals surface area contributed by atoms with Crippen molar-refractivity contribution in [2.75, 3.05) is 0 Å². The summed E-state index contributed by atoms with van der Waals surface area (Å²) in [5.74, 6) is 0.309. The zero-order chi connectivity index (χ0) is 14.7. The summed E-state index contributed by atoms with van der Waals surface area (Å²) in [6.45, 7) is 9.61. The highest BCUT2D eigenvalue weighted by atomic mass is 16.5. The average molecular weight is 266 g/mol. The van der Waals surface area contributed by atoms with E-state index in [9.17, 15) is 4.79 Å². The maximum absolute atomic E-state index is 12.2. The minimum Gasteiger partial charge on any atom is -0.422 e. The minimum absolute atomic E-state index is 0.337. The van der Waals surface area contributed by atoms with Gasteiger partial charge >= 0.3 is 5.97 Å². The monoisotopic (exact) mass is 266 g/mol. The van der Waals surface area contributed by atoms with Crippen LogP contribution in [-0.2, 0) is 0 Å². The Morgan fingerprint density at radius 3 is 2.10 bits per heavy atom. The molecule has 0 bridgehead atoms. The smallest absolute Gasteiger partial charge is 0.343 e. The molecule has 2 nitrogen and oxygen atoms in total. The molecule has 0 aliphatic rings. The highest BCUT2D eigenvalue weighted by molar-refractivity contribution is 5.91. The molecule has 0 fully saturated rings. The van der Waals surface area contributed by atoms with Crippen LogP contribution in [0, 0.1) is 20.8 Å². The number of ether oxygens (including phenoxy) is 1. The molecular weight excluding hydrogens is 248 g/mol. The van der Waals surface area contributed by atoms with Crippen LogP contribution in [-0.4, -0.2) is 5.97 Å². The summed E-state index contributed by atoms with van der Waals surface area (Å²) in [4.78, 5) is 12.2. The normalized spacial score (nSPS) is 10.2. The molecule has 0 N–H and O–H groups in total. The predicted molar refractivity (Wildman–Crippen MR) is 82.1 cm³/mol. The van der Waals surface area contributed by atoms with Gasteiger partial charge in [-0.2, -0.15) is 0 Å². The Kier molecular flexibility index (Phi) is 4.04. The first-order chi connectivity index (χ1) is 9.51. The van der Waals surface area contributed by atoms with Crippen LogP contribution in [0.2, 0.25) is 0 Å². The van der Waals surface area contributed by atoms with E-state index in [1.54, 1.807) is 18.2 Å². The highest BCUT2D eigenvalue weighted by Crippen LogP contribution is 2.25. The Morgan fingerprint density at radius 2 is 1.60 bits per heavy atom. The van der Waals surface area contributed by atoms with Crippen LogP contribution < -0.4 is 4.74 Å². The molecule has 0 radical (unpaired) electrons. The number of benzene rings is 2. The number of hydrogen-bond acceptors (Lipinski definition) is 2. The van der Waals surface area contributed by atoms with Gasteiger partial charge in [0.2, 0.25) is 0 Å². The molecule has 0 unspecified atom stereocenters. The zero-order valence-electron chi connectivity index (χ0n) is 12.1. The first kappa shape index (κ1) is 14.1. The fourth-order valence-electron chi connectivity index (χ4n) is 2.23. The first-order valence-corrected chi connectivity index (χ1v) is 6.54. The van der Waals surface area contributed by atoms with Gasteiger partial charge in [0.25, 0.3) is 0 Å². The molecule has 20 heavy (non-hydrogen) atoms. The van der Waals surface area contributed by atoms with Gasteiger partial charge < -0.3 is 4.74 Å². The lowest BCUT2D eigenvalue weighted by atomic mass is 10.1. The minimum atomic E-state index is -0.337. The fraction of sp³-hybridized carbons (Fsp3) is 0.167. The number of aryl methyl sites for hydroxylation is 3. The van der Waals surface area contributed by atoms with Gasteiger partial charge in [-0.1, -0.05) is 42.5 Å². The van der Waals surface area contributed by atoms with E-state index in [0.717, 1.165) is 22.3 Å². The molecule has 0 aliphatic heterocycles. The summed E-state index contributed by atoms with van der Waals surface area (Å²) >= 11 is 0. The van der Waals surface area contributed by atoms with Gasteiger partial charge in [0, 0.05) is 0 Å². The Labute approximate surface area is 119 Å². The predicted octanol–water partition coefficient (Wildman–Crippen LogP) is 4.47. The van der Waals surface area contributed by atoms with Gasteiger partial charge in [0.15, 0.2) is 0 Å². The van der Waals surface area contributed by atoms with Crippen molar-refractivity contribution in [1.29, 1.82) is 0 Å². The number of carbonyl (C=O) groups excluding carboxylic acids is 1.